The lowest BCUT2D eigenvalue weighted by Crippen LogP contribution is -2.29. The summed E-state index contributed by atoms with van der Waals surface area (Å²) >= 11 is 0. The van der Waals surface area contributed by atoms with Gasteiger partial charge in [-0.3, -0.25) is 0 Å². The van der Waals surface area contributed by atoms with Gasteiger partial charge in [0.15, 0.2) is 5.82 Å². The number of benzene rings is 1. The maximum atomic E-state index is 6.02. The maximum Gasteiger partial charge on any atom is 0.246 e. The molecule has 1 aliphatic rings. The number of fused-ring (bicyclic) bond motifs is 1. The molecule has 2 heterocycles. The number of nitrogens with zero attached hydrogens (tertiary/aromatic N) is 3. The summed E-state index contributed by atoms with van der Waals surface area (Å²) < 4.78 is 5.18. The van der Waals surface area contributed by atoms with Crippen LogP contribution in [0, 0.1) is 6.92 Å². The molecule has 0 atom stereocenters. The Kier molecular flexibility index (Phi) is 2.66. The van der Waals surface area contributed by atoms with Crippen molar-refractivity contribution in [3.63, 3.8) is 0 Å². The highest BCUT2D eigenvalue weighted by Gasteiger charge is 2.20. The summed E-state index contributed by atoms with van der Waals surface area (Å²) in [6.07, 6.45) is 2.15. The third kappa shape index (κ3) is 1.92. The summed E-state index contributed by atoms with van der Waals surface area (Å²) in [5.74, 6) is 1.33. The quantitative estimate of drug-likeness (QED) is 0.817. The van der Waals surface area contributed by atoms with Gasteiger partial charge in [0.2, 0.25) is 5.89 Å². The van der Waals surface area contributed by atoms with Crippen molar-refractivity contribution in [2.45, 2.75) is 26.3 Å². The molecule has 0 unspecified atom stereocenters. The Bertz CT molecular complexity index is 564. The Morgan fingerprint density at radius 2 is 2.33 bits per heavy atom. The standard InChI is InChI=1S/C13H16N4O/c1-9-15-13(18-16-9)8-17-7-3-4-10-11(14)5-2-6-12(10)17/h2,5-6H,3-4,7-8,14H2,1H3. The lowest BCUT2D eigenvalue weighted by atomic mass is 10.00. The molecule has 0 bridgehead atoms. The molecule has 0 saturated carbocycles. The van der Waals surface area contributed by atoms with E-state index < -0.39 is 0 Å². The number of aryl methyl sites for hydroxylation is 1. The Morgan fingerprint density at radius 1 is 1.44 bits per heavy atom. The van der Waals surface area contributed by atoms with E-state index >= 15 is 0 Å². The van der Waals surface area contributed by atoms with E-state index in [0.717, 1.165) is 25.1 Å². The average molecular weight is 244 g/mol. The Balaban J connectivity index is 1.89. The normalized spacial score (nSPS) is 14.6. The van der Waals surface area contributed by atoms with Crippen LogP contribution < -0.4 is 10.6 Å². The van der Waals surface area contributed by atoms with E-state index in [1.807, 2.05) is 19.1 Å². The van der Waals surface area contributed by atoms with E-state index in [-0.39, 0.29) is 0 Å². The Morgan fingerprint density at radius 3 is 3.11 bits per heavy atom. The molecular weight excluding hydrogens is 228 g/mol. The largest absolute Gasteiger partial charge is 0.398 e. The Labute approximate surface area is 106 Å². The second-order valence-corrected chi connectivity index (χ2v) is 4.61. The summed E-state index contributed by atoms with van der Waals surface area (Å²) in [5, 5.41) is 3.82. The SMILES string of the molecule is Cc1noc(CN2CCCc3c(N)cccc32)n1. The monoisotopic (exact) mass is 244 g/mol. The van der Waals surface area contributed by atoms with Crippen molar-refractivity contribution in [2.24, 2.45) is 0 Å². The van der Waals surface area contributed by atoms with Gasteiger partial charge in [0.1, 0.15) is 0 Å². The third-order valence-corrected chi connectivity index (χ3v) is 3.28. The molecule has 1 aromatic carbocycles. The van der Waals surface area contributed by atoms with Gasteiger partial charge in [-0.25, -0.2) is 0 Å². The molecule has 0 spiro atoms. The number of hydrogen-bond donors (Lipinski definition) is 1. The first-order chi connectivity index (χ1) is 8.74. The van der Waals surface area contributed by atoms with Crippen molar-refractivity contribution in [3.8, 4) is 0 Å². The molecule has 18 heavy (non-hydrogen) atoms. The topological polar surface area (TPSA) is 68.2 Å². The highest BCUT2D eigenvalue weighted by Crippen LogP contribution is 2.31. The predicted octanol–water partition coefficient (Wildman–Crippen LogP) is 1.91. The van der Waals surface area contributed by atoms with Crippen molar-refractivity contribution >= 4 is 11.4 Å². The zero-order chi connectivity index (χ0) is 12.5. The highest BCUT2D eigenvalue weighted by molar-refractivity contribution is 5.66. The van der Waals surface area contributed by atoms with Gasteiger partial charge in [0.25, 0.3) is 0 Å². The molecular formula is C13H16N4O. The summed E-state index contributed by atoms with van der Waals surface area (Å²) in [7, 11) is 0. The number of aromatic nitrogens is 2. The van der Waals surface area contributed by atoms with Gasteiger partial charge in [-0.05, 0) is 37.5 Å². The lowest BCUT2D eigenvalue weighted by molar-refractivity contribution is 0.371. The van der Waals surface area contributed by atoms with E-state index in [1.165, 1.54) is 11.3 Å². The van der Waals surface area contributed by atoms with E-state index in [0.29, 0.717) is 18.3 Å². The van der Waals surface area contributed by atoms with Crippen molar-refractivity contribution in [1.82, 2.24) is 10.1 Å². The number of hydrogen-bond acceptors (Lipinski definition) is 5. The van der Waals surface area contributed by atoms with Crippen LogP contribution in [0.2, 0.25) is 0 Å². The zero-order valence-electron chi connectivity index (χ0n) is 10.4. The molecule has 0 amide bonds. The molecule has 2 aromatic rings. The minimum atomic E-state index is 0.650. The van der Waals surface area contributed by atoms with Crippen LogP contribution in [0.25, 0.3) is 0 Å². The van der Waals surface area contributed by atoms with Crippen LogP contribution in [0.4, 0.5) is 11.4 Å². The lowest BCUT2D eigenvalue weighted by Gasteiger charge is -2.30. The molecule has 3 rings (SSSR count). The first-order valence-corrected chi connectivity index (χ1v) is 6.15. The van der Waals surface area contributed by atoms with Crippen LogP contribution in [0.3, 0.4) is 0 Å². The van der Waals surface area contributed by atoms with Gasteiger partial charge in [0.05, 0.1) is 6.54 Å². The van der Waals surface area contributed by atoms with Crippen LogP contribution in [-0.2, 0) is 13.0 Å². The van der Waals surface area contributed by atoms with Crippen molar-refractivity contribution in [2.75, 3.05) is 17.2 Å². The van der Waals surface area contributed by atoms with E-state index in [9.17, 15) is 0 Å². The van der Waals surface area contributed by atoms with Crippen LogP contribution in [0.15, 0.2) is 22.7 Å². The number of nitrogens with two attached hydrogens (primary N) is 1. The molecule has 94 valence electrons. The van der Waals surface area contributed by atoms with Gasteiger partial charge in [-0.15, -0.1) is 0 Å². The maximum absolute atomic E-state index is 6.02. The minimum Gasteiger partial charge on any atom is -0.398 e. The minimum absolute atomic E-state index is 0.650. The fraction of sp³-hybridized carbons (Fsp3) is 0.385. The van der Waals surface area contributed by atoms with Gasteiger partial charge in [-0.2, -0.15) is 4.98 Å². The Hall–Kier alpha value is -2.04. The van der Waals surface area contributed by atoms with Gasteiger partial charge in [-0.1, -0.05) is 11.2 Å². The molecule has 5 heteroatoms. The zero-order valence-corrected chi connectivity index (χ0v) is 10.4. The summed E-state index contributed by atoms with van der Waals surface area (Å²) in [6.45, 7) is 3.48. The smallest absolute Gasteiger partial charge is 0.246 e. The van der Waals surface area contributed by atoms with Crippen LogP contribution in [-0.4, -0.2) is 16.7 Å². The van der Waals surface area contributed by atoms with Gasteiger partial charge < -0.3 is 15.2 Å². The molecule has 1 aliphatic heterocycles. The van der Waals surface area contributed by atoms with Crippen molar-refractivity contribution in [1.29, 1.82) is 0 Å². The number of rotatable bonds is 2. The van der Waals surface area contributed by atoms with Crippen molar-refractivity contribution in [3.05, 3.63) is 35.5 Å². The predicted molar refractivity (Wildman–Crippen MR) is 69.3 cm³/mol. The third-order valence-electron chi connectivity index (χ3n) is 3.28. The fourth-order valence-electron chi connectivity index (χ4n) is 2.46. The van der Waals surface area contributed by atoms with E-state index in [4.69, 9.17) is 10.3 Å². The number of nitrogen functional groups attached to an aromatic ring is 1. The summed E-state index contributed by atoms with van der Waals surface area (Å²) in [4.78, 5) is 6.50. The first kappa shape index (κ1) is 11.1. The van der Waals surface area contributed by atoms with Gasteiger partial charge >= 0.3 is 0 Å². The van der Waals surface area contributed by atoms with Gasteiger partial charge in [0, 0.05) is 17.9 Å². The van der Waals surface area contributed by atoms with Crippen LogP contribution in [0.1, 0.15) is 23.7 Å². The van der Waals surface area contributed by atoms with Crippen molar-refractivity contribution < 1.29 is 4.52 Å². The van der Waals surface area contributed by atoms with E-state index in [2.05, 4.69) is 21.1 Å². The highest BCUT2D eigenvalue weighted by atomic mass is 16.5. The second-order valence-electron chi connectivity index (χ2n) is 4.61. The molecule has 1 aromatic heterocycles. The first-order valence-electron chi connectivity index (χ1n) is 6.15. The fourth-order valence-corrected chi connectivity index (χ4v) is 2.46. The molecule has 0 radical (unpaired) electrons. The van der Waals surface area contributed by atoms with E-state index in [1.54, 1.807) is 0 Å². The van der Waals surface area contributed by atoms with Crippen LogP contribution in [0.5, 0.6) is 0 Å². The van der Waals surface area contributed by atoms with Crippen LogP contribution >= 0.6 is 0 Å². The average Bonchev–Trinajstić information content (AvgIpc) is 2.76. The second kappa shape index (κ2) is 4.33. The summed E-state index contributed by atoms with van der Waals surface area (Å²) in [5.41, 5.74) is 9.32. The number of anilines is 2. The molecule has 0 saturated heterocycles. The molecule has 0 aliphatic carbocycles. The molecule has 2 N–H and O–H groups in total. The molecule has 0 fully saturated rings. The summed E-state index contributed by atoms with van der Waals surface area (Å²) in [6, 6.07) is 6.05. The molecule has 5 nitrogen and oxygen atoms in total.